The first-order valence-corrected chi connectivity index (χ1v) is 8.20. The molecule has 0 amide bonds. The zero-order valence-corrected chi connectivity index (χ0v) is 14.1. The molecule has 1 N–H and O–H groups in total. The first kappa shape index (κ1) is 18.3. The molecule has 0 saturated carbocycles. The van der Waals surface area contributed by atoms with Crippen LogP contribution in [0.3, 0.4) is 0 Å². The van der Waals surface area contributed by atoms with E-state index in [1.165, 1.54) is 11.8 Å². The summed E-state index contributed by atoms with van der Waals surface area (Å²) >= 11 is 1.20. The molecule has 1 heterocycles. The van der Waals surface area contributed by atoms with Crippen molar-refractivity contribution in [1.82, 2.24) is 4.98 Å². The van der Waals surface area contributed by atoms with Gasteiger partial charge in [-0.1, -0.05) is 0 Å². The van der Waals surface area contributed by atoms with Gasteiger partial charge in [-0.3, -0.25) is 9.59 Å². The summed E-state index contributed by atoms with van der Waals surface area (Å²) in [6, 6.07) is 0. The number of thioether (sulfide) groups is 1. The summed E-state index contributed by atoms with van der Waals surface area (Å²) in [4.78, 5) is 38.2. The van der Waals surface area contributed by atoms with Gasteiger partial charge in [0.1, 0.15) is 5.69 Å². The van der Waals surface area contributed by atoms with E-state index in [1.54, 1.807) is 27.7 Å². The van der Waals surface area contributed by atoms with Crippen LogP contribution < -0.4 is 0 Å². The lowest BCUT2D eigenvalue weighted by atomic mass is 10.1. The Labute approximate surface area is 133 Å². The molecule has 0 radical (unpaired) electrons. The molecule has 1 aromatic rings. The van der Waals surface area contributed by atoms with Crippen molar-refractivity contribution in [2.75, 3.05) is 24.7 Å². The van der Waals surface area contributed by atoms with Crippen LogP contribution in [0.4, 0.5) is 0 Å². The number of carbonyl (C=O) groups excluding carboxylic acids is 3. The van der Waals surface area contributed by atoms with Crippen LogP contribution in [0, 0.1) is 13.8 Å². The molecular formula is C15H21NO5S. The minimum absolute atomic E-state index is 0.129. The number of aromatic amines is 1. The predicted octanol–water partition coefficient (Wildman–Crippen LogP) is 2.29. The van der Waals surface area contributed by atoms with E-state index in [2.05, 4.69) is 4.98 Å². The smallest absolute Gasteiger partial charge is 0.355 e. The Morgan fingerprint density at radius 1 is 1.05 bits per heavy atom. The SMILES string of the molecule is CCOC(=O)CSCC(=O)c1c(C)[nH]c(C(=O)OCC)c1C. The third kappa shape index (κ3) is 4.62. The minimum Gasteiger partial charge on any atom is -0.465 e. The zero-order valence-electron chi connectivity index (χ0n) is 13.3. The van der Waals surface area contributed by atoms with Crippen LogP contribution in [-0.2, 0) is 14.3 Å². The number of aryl methyl sites for hydroxylation is 1. The number of esters is 2. The molecule has 0 atom stereocenters. The average Bonchev–Trinajstić information content (AvgIpc) is 2.74. The van der Waals surface area contributed by atoms with Crippen molar-refractivity contribution in [3.8, 4) is 0 Å². The maximum absolute atomic E-state index is 12.3. The summed E-state index contributed by atoms with van der Waals surface area (Å²) in [6.07, 6.45) is 0. The van der Waals surface area contributed by atoms with Crippen LogP contribution in [-0.4, -0.2) is 47.4 Å². The Morgan fingerprint density at radius 2 is 1.68 bits per heavy atom. The van der Waals surface area contributed by atoms with Crippen LogP contribution in [0.2, 0.25) is 0 Å². The number of hydrogen-bond acceptors (Lipinski definition) is 6. The molecule has 6 nitrogen and oxygen atoms in total. The number of ether oxygens (including phenoxy) is 2. The van der Waals surface area contributed by atoms with Gasteiger partial charge in [0.2, 0.25) is 0 Å². The first-order chi connectivity index (χ1) is 10.4. The molecule has 1 rings (SSSR count). The average molecular weight is 327 g/mol. The van der Waals surface area contributed by atoms with Crippen molar-refractivity contribution in [2.24, 2.45) is 0 Å². The molecule has 0 aliphatic heterocycles. The molecule has 0 spiro atoms. The van der Waals surface area contributed by atoms with Gasteiger partial charge in [0.25, 0.3) is 0 Å². The number of hydrogen-bond donors (Lipinski definition) is 1. The molecule has 0 bridgehead atoms. The van der Waals surface area contributed by atoms with Gasteiger partial charge in [-0.2, -0.15) is 0 Å². The second-order valence-corrected chi connectivity index (χ2v) is 5.55. The first-order valence-electron chi connectivity index (χ1n) is 7.05. The fourth-order valence-electron chi connectivity index (χ4n) is 2.08. The quantitative estimate of drug-likeness (QED) is 0.582. The summed E-state index contributed by atoms with van der Waals surface area (Å²) in [5, 5.41) is 0. The molecule has 0 fully saturated rings. The number of Topliss-reactive ketones (excluding diaryl/α,β-unsaturated/α-hetero) is 1. The molecule has 0 aromatic carbocycles. The number of H-pyrrole nitrogens is 1. The van der Waals surface area contributed by atoms with Crippen LogP contribution in [0.15, 0.2) is 0 Å². The molecule has 0 saturated heterocycles. The minimum atomic E-state index is -0.471. The predicted molar refractivity (Wildman–Crippen MR) is 84.5 cm³/mol. The van der Waals surface area contributed by atoms with E-state index >= 15 is 0 Å². The second-order valence-electron chi connectivity index (χ2n) is 4.57. The molecule has 122 valence electrons. The van der Waals surface area contributed by atoms with Gasteiger partial charge < -0.3 is 14.5 Å². The highest BCUT2D eigenvalue weighted by Gasteiger charge is 2.22. The van der Waals surface area contributed by atoms with E-state index < -0.39 is 5.97 Å². The lowest BCUT2D eigenvalue weighted by molar-refractivity contribution is -0.139. The van der Waals surface area contributed by atoms with E-state index in [0.29, 0.717) is 29.1 Å². The second kappa shape index (κ2) is 8.63. The molecule has 1 aromatic heterocycles. The largest absolute Gasteiger partial charge is 0.465 e. The lowest BCUT2D eigenvalue weighted by Gasteiger charge is -2.03. The molecule has 0 unspecified atom stereocenters. The highest BCUT2D eigenvalue weighted by atomic mass is 32.2. The Bertz CT molecular complexity index is 565. The van der Waals surface area contributed by atoms with E-state index in [9.17, 15) is 14.4 Å². The summed E-state index contributed by atoms with van der Waals surface area (Å²) in [5.74, 6) is -0.652. The van der Waals surface area contributed by atoms with Gasteiger partial charge in [0.05, 0.1) is 24.7 Å². The van der Waals surface area contributed by atoms with Gasteiger partial charge in [-0.15, -0.1) is 11.8 Å². The molecule has 22 heavy (non-hydrogen) atoms. The van der Waals surface area contributed by atoms with Gasteiger partial charge in [-0.05, 0) is 33.3 Å². The summed E-state index contributed by atoms with van der Waals surface area (Å²) in [5.41, 5.74) is 2.00. The number of carbonyl (C=O) groups is 3. The third-order valence-corrected chi connectivity index (χ3v) is 3.86. The monoisotopic (exact) mass is 327 g/mol. The van der Waals surface area contributed by atoms with Crippen molar-refractivity contribution >= 4 is 29.5 Å². The van der Waals surface area contributed by atoms with E-state index in [4.69, 9.17) is 9.47 Å². The van der Waals surface area contributed by atoms with Crippen LogP contribution in [0.1, 0.15) is 46.0 Å². The van der Waals surface area contributed by atoms with Crippen molar-refractivity contribution < 1.29 is 23.9 Å². The van der Waals surface area contributed by atoms with Crippen molar-refractivity contribution in [3.63, 3.8) is 0 Å². The maximum atomic E-state index is 12.3. The van der Waals surface area contributed by atoms with E-state index in [0.717, 1.165) is 0 Å². The van der Waals surface area contributed by atoms with Crippen molar-refractivity contribution in [3.05, 3.63) is 22.5 Å². The molecule has 7 heteroatoms. The van der Waals surface area contributed by atoms with Gasteiger partial charge >= 0.3 is 11.9 Å². The van der Waals surface area contributed by atoms with E-state index in [1.807, 2.05) is 0 Å². The Balaban J connectivity index is 2.74. The Hall–Kier alpha value is -1.76. The summed E-state index contributed by atoms with van der Waals surface area (Å²) in [7, 11) is 0. The van der Waals surface area contributed by atoms with Gasteiger partial charge in [0.15, 0.2) is 5.78 Å². The van der Waals surface area contributed by atoms with Gasteiger partial charge in [0, 0.05) is 11.3 Å². The maximum Gasteiger partial charge on any atom is 0.355 e. The molecule has 0 aliphatic rings. The topological polar surface area (TPSA) is 85.5 Å². The summed E-state index contributed by atoms with van der Waals surface area (Å²) < 4.78 is 9.75. The van der Waals surface area contributed by atoms with Crippen molar-refractivity contribution in [1.29, 1.82) is 0 Å². The number of aromatic nitrogens is 1. The Kier molecular flexibility index (Phi) is 7.17. The highest BCUT2D eigenvalue weighted by molar-refractivity contribution is 8.00. The van der Waals surface area contributed by atoms with Crippen LogP contribution in [0.25, 0.3) is 0 Å². The van der Waals surface area contributed by atoms with Crippen LogP contribution >= 0.6 is 11.8 Å². The normalized spacial score (nSPS) is 10.4. The number of rotatable bonds is 8. The number of nitrogens with one attached hydrogen (secondary N) is 1. The molecular weight excluding hydrogens is 306 g/mol. The fourth-order valence-corrected chi connectivity index (χ4v) is 2.76. The third-order valence-electron chi connectivity index (χ3n) is 2.95. The van der Waals surface area contributed by atoms with E-state index in [-0.39, 0.29) is 29.9 Å². The number of ketones is 1. The highest BCUT2D eigenvalue weighted by Crippen LogP contribution is 2.21. The zero-order chi connectivity index (χ0) is 16.7. The van der Waals surface area contributed by atoms with Crippen LogP contribution in [0.5, 0.6) is 0 Å². The van der Waals surface area contributed by atoms with Crippen molar-refractivity contribution in [2.45, 2.75) is 27.7 Å². The fraction of sp³-hybridized carbons (Fsp3) is 0.533. The molecule has 0 aliphatic carbocycles. The summed E-state index contributed by atoms with van der Waals surface area (Å²) in [6.45, 7) is 7.50. The lowest BCUT2D eigenvalue weighted by Crippen LogP contribution is -2.11. The van der Waals surface area contributed by atoms with Gasteiger partial charge in [-0.25, -0.2) is 4.79 Å². The standard InChI is InChI=1S/C15H21NO5S/c1-5-20-12(18)8-22-7-11(17)13-9(3)14(16-10(13)4)15(19)21-6-2/h16H,5-8H2,1-4H3. The Morgan fingerprint density at radius 3 is 2.27 bits per heavy atom.